The fourth-order valence-electron chi connectivity index (χ4n) is 3.93. The van der Waals surface area contributed by atoms with Crippen LogP contribution in [-0.2, 0) is 0 Å². The van der Waals surface area contributed by atoms with Gasteiger partial charge in [-0.1, -0.05) is 62.8 Å². The number of aliphatic hydroxyl groups excluding tert-OH is 1. The van der Waals surface area contributed by atoms with E-state index in [0.717, 1.165) is 18.3 Å². The summed E-state index contributed by atoms with van der Waals surface area (Å²) in [7, 11) is 0. The van der Waals surface area contributed by atoms with Crippen molar-refractivity contribution in [3.8, 4) is 0 Å². The van der Waals surface area contributed by atoms with Gasteiger partial charge in [0.05, 0.1) is 6.10 Å². The maximum atomic E-state index is 10.6. The van der Waals surface area contributed by atoms with Crippen LogP contribution in [0.4, 0.5) is 0 Å². The number of aliphatic hydroxyl groups is 1. The van der Waals surface area contributed by atoms with E-state index in [2.05, 4.69) is 24.3 Å². The molecule has 1 aromatic rings. The molecule has 0 amide bonds. The zero-order valence-corrected chi connectivity index (χ0v) is 12.6. The van der Waals surface area contributed by atoms with E-state index in [1.54, 1.807) is 0 Å². The van der Waals surface area contributed by atoms with Crippen LogP contribution in [0.3, 0.4) is 0 Å². The van der Waals surface area contributed by atoms with Crippen molar-refractivity contribution in [1.29, 1.82) is 0 Å². The van der Waals surface area contributed by atoms with Crippen LogP contribution in [0.1, 0.15) is 87.4 Å². The van der Waals surface area contributed by atoms with Gasteiger partial charge in [0.1, 0.15) is 0 Å². The molecular formula is C19H28O. The summed E-state index contributed by atoms with van der Waals surface area (Å²) in [6.07, 6.45) is 12.9. The Kier molecular flexibility index (Phi) is 4.77. The molecule has 2 aliphatic carbocycles. The standard InChI is InChI=1S/C19H28O/c20-19(14-13-15-7-2-1-3-8-15)18-12-5-4-11-17(18)16-9-6-10-16/h4-5,11-12,15-16,19-20H,1-3,6-10,13-14H2. The molecule has 1 aromatic carbocycles. The second kappa shape index (κ2) is 6.76. The van der Waals surface area contributed by atoms with Crippen LogP contribution in [0.5, 0.6) is 0 Å². The molecule has 1 atom stereocenters. The smallest absolute Gasteiger partial charge is 0.0792 e. The Morgan fingerprint density at radius 2 is 1.70 bits per heavy atom. The molecule has 1 N–H and O–H groups in total. The number of rotatable bonds is 5. The summed E-state index contributed by atoms with van der Waals surface area (Å²) in [4.78, 5) is 0. The Hall–Kier alpha value is -0.820. The highest BCUT2D eigenvalue weighted by Crippen LogP contribution is 2.40. The average Bonchev–Trinajstić information content (AvgIpc) is 2.45. The van der Waals surface area contributed by atoms with E-state index in [1.807, 2.05) is 0 Å². The van der Waals surface area contributed by atoms with Crippen molar-refractivity contribution < 1.29 is 5.11 Å². The molecule has 0 bridgehead atoms. The fraction of sp³-hybridized carbons (Fsp3) is 0.684. The molecular weight excluding hydrogens is 244 g/mol. The van der Waals surface area contributed by atoms with Gasteiger partial charge in [-0.3, -0.25) is 0 Å². The normalized spacial score (nSPS) is 22.4. The van der Waals surface area contributed by atoms with Gasteiger partial charge in [0.15, 0.2) is 0 Å². The van der Waals surface area contributed by atoms with Crippen LogP contribution in [0.25, 0.3) is 0 Å². The number of hydrogen-bond donors (Lipinski definition) is 1. The van der Waals surface area contributed by atoms with Crippen LogP contribution in [0.2, 0.25) is 0 Å². The van der Waals surface area contributed by atoms with Crippen molar-refractivity contribution in [2.75, 3.05) is 0 Å². The number of benzene rings is 1. The molecule has 110 valence electrons. The van der Waals surface area contributed by atoms with E-state index in [0.29, 0.717) is 0 Å². The van der Waals surface area contributed by atoms with Crippen molar-refractivity contribution >= 4 is 0 Å². The molecule has 0 spiro atoms. The van der Waals surface area contributed by atoms with Crippen molar-refractivity contribution in [1.82, 2.24) is 0 Å². The lowest BCUT2D eigenvalue weighted by molar-refractivity contribution is 0.149. The molecule has 0 radical (unpaired) electrons. The highest BCUT2D eigenvalue weighted by molar-refractivity contribution is 5.33. The van der Waals surface area contributed by atoms with Crippen molar-refractivity contribution in [2.24, 2.45) is 5.92 Å². The summed E-state index contributed by atoms with van der Waals surface area (Å²) in [6, 6.07) is 8.61. The highest BCUT2D eigenvalue weighted by atomic mass is 16.3. The van der Waals surface area contributed by atoms with Crippen LogP contribution < -0.4 is 0 Å². The van der Waals surface area contributed by atoms with Gasteiger partial charge in [-0.15, -0.1) is 0 Å². The maximum Gasteiger partial charge on any atom is 0.0792 e. The van der Waals surface area contributed by atoms with Gasteiger partial charge < -0.3 is 5.11 Å². The monoisotopic (exact) mass is 272 g/mol. The van der Waals surface area contributed by atoms with Gasteiger partial charge in [-0.2, -0.15) is 0 Å². The largest absolute Gasteiger partial charge is 0.388 e. The Bertz CT molecular complexity index is 416. The first kappa shape index (κ1) is 14.1. The van der Waals surface area contributed by atoms with Crippen molar-refractivity contribution in [3.05, 3.63) is 35.4 Å². The SMILES string of the molecule is OC(CCC1CCCCC1)c1ccccc1C1CCC1. The van der Waals surface area contributed by atoms with Crippen LogP contribution in [-0.4, -0.2) is 5.11 Å². The minimum absolute atomic E-state index is 0.242. The third-order valence-corrected chi connectivity index (χ3v) is 5.47. The van der Waals surface area contributed by atoms with E-state index >= 15 is 0 Å². The molecule has 1 nitrogen and oxygen atoms in total. The van der Waals surface area contributed by atoms with Crippen molar-refractivity contribution in [3.63, 3.8) is 0 Å². The molecule has 2 fully saturated rings. The maximum absolute atomic E-state index is 10.6. The first-order valence-electron chi connectivity index (χ1n) is 8.61. The minimum atomic E-state index is -0.242. The first-order chi connectivity index (χ1) is 9.84. The van der Waals surface area contributed by atoms with Gasteiger partial charge >= 0.3 is 0 Å². The molecule has 20 heavy (non-hydrogen) atoms. The summed E-state index contributed by atoms with van der Waals surface area (Å²) >= 11 is 0. The van der Waals surface area contributed by atoms with E-state index < -0.39 is 0 Å². The molecule has 2 aliphatic rings. The molecule has 0 aromatic heterocycles. The Labute approximate surface area is 123 Å². The molecule has 0 aliphatic heterocycles. The molecule has 1 unspecified atom stereocenters. The Morgan fingerprint density at radius 3 is 2.40 bits per heavy atom. The second-order valence-electron chi connectivity index (χ2n) is 6.85. The summed E-state index contributed by atoms with van der Waals surface area (Å²) in [6.45, 7) is 0. The zero-order valence-electron chi connectivity index (χ0n) is 12.6. The van der Waals surface area contributed by atoms with Crippen LogP contribution >= 0.6 is 0 Å². The minimum Gasteiger partial charge on any atom is -0.388 e. The molecule has 0 heterocycles. The lowest BCUT2D eigenvalue weighted by atomic mass is 9.76. The van der Waals surface area contributed by atoms with Gasteiger partial charge in [0.25, 0.3) is 0 Å². The molecule has 2 saturated carbocycles. The average molecular weight is 272 g/mol. The summed E-state index contributed by atoms with van der Waals surface area (Å²) < 4.78 is 0. The summed E-state index contributed by atoms with van der Waals surface area (Å²) in [5.74, 6) is 1.59. The molecule has 0 saturated heterocycles. The first-order valence-corrected chi connectivity index (χ1v) is 8.61. The van der Waals surface area contributed by atoms with Crippen molar-refractivity contribution in [2.45, 2.75) is 76.2 Å². The van der Waals surface area contributed by atoms with E-state index in [-0.39, 0.29) is 6.10 Å². The van der Waals surface area contributed by atoms with Crippen LogP contribution in [0, 0.1) is 5.92 Å². The number of hydrogen-bond acceptors (Lipinski definition) is 1. The highest BCUT2D eigenvalue weighted by Gasteiger charge is 2.24. The Morgan fingerprint density at radius 1 is 0.950 bits per heavy atom. The van der Waals surface area contributed by atoms with Gasteiger partial charge in [-0.05, 0) is 48.6 Å². The topological polar surface area (TPSA) is 20.2 Å². The van der Waals surface area contributed by atoms with Gasteiger partial charge in [-0.25, -0.2) is 0 Å². The zero-order chi connectivity index (χ0) is 13.8. The predicted octanol–water partition coefficient (Wildman–Crippen LogP) is 5.35. The second-order valence-corrected chi connectivity index (χ2v) is 6.85. The van der Waals surface area contributed by atoms with Gasteiger partial charge in [0, 0.05) is 0 Å². The van der Waals surface area contributed by atoms with Gasteiger partial charge in [0.2, 0.25) is 0 Å². The molecule has 3 rings (SSSR count). The fourth-order valence-corrected chi connectivity index (χ4v) is 3.93. The third-order valence-electron chi connectivity index (χ3n) is 5.47. The lowest BCUT2D eigenvalue weighted by Gasteiger charge is -2.30. The molecule has 1 heteroatoms. The third kappa shape index (κ3) is 3.25. The predicted molar refractivity (Wildman–Crippen MR) is 83.8 cm³/mol. The van der Waals surface area contributed by atoms with E-state index in [1.165, 1.54) is 68.9 Å². The Balaban J connectivity index is 1.59. The van der Waals surface area contributed by atoms with E-state index in [9.17, 15) is 5.11 Å². The lowest BCUT2D eigenvalue weighted by Crippen LogP contribution is -2.14. The summed E-state index contributed by atoms with van der Waals surface area (Å²) in [5, 5.41) is 10.6. The summed E-state index contributed by atoms with van der Waals surface area (Å²) in [5.41, 5.74) is 2.64. The quantitative estimate of drug-likeness (QED) is 0.766. The van der Waals surface area contributed by atoms with Crippen LogP contribution in [0.15, 0.2) is 24.3 Å². The van der Waals surface area contributed by atoms with E-state index in [4.69, 9.17) is 0 Å².